The molecule has 6 heteroatoms. The maximum Gasteiger partial charge on any atom is 0.415 e. The summed E-state index contributed by atoms with van der Waals surface area (Å²) in [6.07, 6.45) is 4.11. The topological polar surface area (TPSA) is 57.2 Å². The number of nitrogens with zero attached hydrogens (tertiary/aromatic N) is 1. The Morgan fingerprint density at radius 3 is 2.74 bits per heavy atom. The number of rotatable bonds is 3. The molecule has 2 aromatic rings. The molecule has 6 rings (SSSR count). The number of ether oxygens (including phenoxy) is 4. The Morgan fingerprint density at radius 2 is 1.97 bits per heavy atom. The maximum absolute atomic E-state index is 13.2. The van der Waals surface area contributed by atoms with Crippen molar-refractivity contribution in [3.63, 3.8) is 0 Å². The Hall–Kier alpha value is -3.15. The zero-order valence-corrected chi connectivity index (χ0v) is 17.7. The highest BCUT2D eigenvalue weighted by molar-refractivity contribution is 5.73. The van der Waals surface area contributed by atoms with Crippen molar-refractivity contribution in [3.8, 4) is 17.2 Å². The van der Waals surface area contributed by atoms with Crippen LogP contribution in [-0.2, 0) is 16.6 Å². The van der Waals surface area contributed by atoms with Gasteiger partial charge in [-0.3, -0.25) is 0 Å². The van der Waals surface area contributed by atoms with Gasteiger partial charge in [0.05, 0.1) is 19.6 Å². The van der Waals surface area contributed by atoms with Gasteiger partial charge >= 0.3 is 6.09 Å². The van der Waals surface area contributed by atoms with Crippen LogP contribution in [0.3, 0.4) is 0 Å². The van der Waals surface area contributed by atoms with Gasteiger partial charge in [-0.15, -0.1) is 0 Å². The van der Waals surface area contributed by atoms with E-state index in [4.69, 9.17) is 18.9 Å². The van der Waals surface area contributed by atoms with E-state index in [9.17, 15) is 4.79 Å². The molecule has 1 amide bonds. The smallest absolute Gasteiger partial charge is 0.415 e. The summed E-state index contributed by atoms with van der Waals surface area (Å²) in [6.45, 7) is 0.625. The second-order valence-electron chi connectivity index (χ2n) is 8.72. The molecule has 1 spiro atoms. The van der Waals surface area contributed by atoms with Gasteiger partial charge in [-0.1, -0.05) is 24.3 Å². The number of hydrogen-bond acceptors (Lipinski definition) is 5. The quantitative estimate of drug-likeness (QED) is 0.751. The monoisotopic (exact) mass is 419 g/mol. The Morgan fingerprint density at radius 1 is 1.13 bits per heavy atom. The summed E-state index contributed by atoms with van der Waals surface area (Å²) in [7, 11) is 3.39. The molecule has 2 aromatic carbocycles. The van der Waals surface area contributed by atoms with Gasteiger partial charge in [0.2, 0.25) is 0 Å². The molecule has 2 aliphatic carbocycles. The number of benzene rings is 2. The van der Waals surface area contributed by atoms with Crippen molar-refractivity contribution in [2.75, 3.05) is 20.8 Å². The molecule has 2 aliphatic heterocycles. The molecule has 1 saturated heterocycles. The van der Waals surface area contributed by atoms with Gasteiger partial charge in [0.25, 0.3) is 0 Å². The number of hydrogen-bond donors (Lipinski definition) is 0. The van der Waals surface area contributed by atoms with Crippen LogP contribution >= 0.6 is 0 Å². The van der Waals surface area contributed by atoms with Crippen LogP contribution in [0.1, 0.15) is 24.0 Å². The first-order valence-corrected chi connectivity index (χ1v) is 10.8. The normalized spacial score (nSPS) is 29.4. The highest BCUT2D eigenvalue weighted by atomic mass is 16.6. The van der Waals surface area contributed by atoms with Crippen LogP contribution in [0, 0.1) is 5.92 Å². The highest BCUT2D eigenvalue weighted by Gasteiger charge is 2.65. The standard InChI is InChI=1S/C25H25NO5/c1-28-19-10-8-15-14-18-17-9-11-20(29-2)23-25(17,21(15)22(19)31-23)12-13-26(18)24(27)30-16-6-4-3-5-7-16/h3-8,10-11,17-18,23H,9,12-14H2,1-2H3/t17?,18-,23+,25?/m0/s1. The SMILES string of the molecule is COC1=CCC2[C@@H]3Cc4ccc(OC)c5c4C2(CCN3C(=O)Oc2ccccc2)[C@@H]1O5. The lowest BCUT2D eigenvalue weighted by atomic mass is 9.53. The molecule has 2 unspecified atom stereocenters. The second-order valence-corrected chi connectivity index (χ2v) is 8.72. The summed E-state index contributed by atoms with van der Waals surface area (Å²) < 4.78 is 23.7. The van der Waals surface area contributed by atoms with Crippen LogP contribution in [0.2, 0.25) is 0 Å². The van der Waals surface area contributed by atoms with Crippen molar-refractivity contribution in [2.24, 2.45) is 5.92 Å². The number of methoxy groups -OCH3 is 2. The summed E-state index contributed by atoms with van der Waals surface area (Å²) in [6, 6.07) is 13.4. The fraction of sp³-hybridized carbons (Fsp3) is 0.400. The molecule has 4 aliphatic rings. The van der Waals surface area contributed by atoms with E-state index in [2.05, 4.69) is 12.1 Å². The van der Waals surface area contributed by atoms with Crippen molar-refractivity contribution >= 4 is 6.09 Å². The Labute approximate surface area is 181 Å². The van der Waals surface area contributed by atoms with Crippen molar-refractivity contribution < 1.29 is 23.7 Å². The average Bonchev–Trinajstić information content (AvgIpc) is 3.14. The molecule has 4 atom stereocenters. The van der Waals surface area contributed by atoms with Gasteiger partial charge in [0.15, 0.2) is 17.6 Å². The molecule has 0 radical (unpaired) electrons. The van der Waals surface area contributed by atoms with E-state index in [1.165, 1.54) is 11.1 Å². The average molecular weight is 419 g/mol. The molecule has 160 valence electrons. The predicted molar refractivity (Wildman–Crippen MR) is 114 cm³/mol. The van der Waals surface area contributed by atoms with E-state index in [1.807, 2.05) is 41.3 Å². The van der Waals surface area contributed by atoms with E-state index in [1.54, 1.807) is 14.2 Å². The van der Waals surface area contributed by atoms with E-state index in [-0.39, 0.29) is 29.6 Å². The van der Waals surface area contributed by atoms with Gasteiger partial charge in [0.1, 0.15) is 11.5 Å². The van der Waals surface area contributed by atoms with Crippen LogP contribution < -0.4 is 14.2 Å². The van der Waals surface area contributed by atoms with E-state index in [0.29, 0.717) is 12.3 Å². The van der Waals surface area contributed by atoms with Gasteiger partial charge in [-0.25, -0.2) is 4.79 Å². The van der Waals surface area contributed by atoms with Crippen molar-refractivity contribution in [3.05, 3.63) is 65.4 Å². The molecule has 0 N–H and O–H groups in total. The van der Waals surface area contributed by atoms with Gasteiger partial charge < -0.3 is 23.8 Å². The molecule has 31 heavy (non-hydrogen) atoms. The van der Waals surface area contributed by atoms with E-state index in [0.717, 1.165) is 36.5 Å². The van der Waals surface area contributed by atoms with Gasteiger partial charge in [-0.2, -0.15) is 0 Å². The lowest BCUT2D eigenvalue weighted by Gasteiger charge is -2.56. The third-order valence-electron chi connectivity index (χ3n) is 7.57. The van der Waals surface area contributed by atoms with Crippen molar-refractivity contribution in [1.82, 2.24) is 4.90 Å². The number of piperidine rings is 1. The van der Waals surface area contributed by atoms with Gasteiger partial charge in [-0.05, 0) is 55.0 Å². The first-order chi connectivity index (χ1) is 15.2. The minimum Gasteiger partial charge on any atom is -0.497 e. The van der Waals surface area contributed by atoms with Crippen LogP contribution in [-0.4, -0.2) is 43.9 Å². The summed E-state index contributed by atoms with van der Waals surface area (Å²) in [5, 5.41) is 0. The summed E-state index contributed by atoms with van der Waals surface area (Å²) in [5.41, 5.74) is 2.29. The number of amides is 1. The Balaban J connectivity index is 1.43. The number of carbonyl (C=O) groups excluding carboxylic acids is 1. The summed E-state index contributed by atoms with van der Waals surface area (Å²) in [4.78, 5) is 15.1. The number of para-hydroxylation sites is 1. The van der Waals surface area contributed by atoms with Crippen LogP contribution in [0.15, 0.2) is 54.3 Å². The zero-order valence-electron chi connectivity index (χ0n) is 17.7. The maximum atomic E-state index is 13.2. The molecule has 6 nitrogen and oxygen atoms in total. The number of carbonyl (C=O) groups is 1. The first-order valence-electron chi connectivity index (χ1n) is 10.8. The largest absolute Gasteiger partial charge is 0.497 e. The number of allylic oxidation sites excluding steroid dienone is 1. The molecule has 0 aromatic heterocycles. The molecule has 2 bridgehead atoms. The van der Waals surface area contributed by atoms with E-state index < -0.39 is 0 Å². The fourth-order valence-electron chi connectivity index (χ4n) is 6.34. The third-order valence-corrected chi connectivity index (χ3v) is 7.57. The number of likely N-dealkylation sites (tertiary alicyclic amines) is 1. The lowest BCUT2D eigenvalue weighted by Crippen LogP contribution is -2.65. The van der Waals surface area contributed by atoms with E-state index >= 15 is 0 Å². The third kappa shape index (κ3) is 2.42. The minimum atomic E-state index is -0.278. The fourth-order valence-corrected chi connectivity index (χ4v) is 6.34. The van der Waals surface area contributed by atoms with Crippen LogP contribution in [0.5, 0.6) is 17.2 Å². The molecule has 2 heterocycles. The van der Waals surface area contributed by atoms with Gasteiger partial charge in [0, 0.05) is 18.2 Å². The Bertz CT molecular complexity index is 1080. The van der Waals surface area contributed by atoms with Crippen molar-refractivity contribution in [1.29, 1.82) is 0 Å². The first kappa shape index (κ1) is 18.6. The Kier molecular flexibility index (Phi) is 4.01. The summed E-state index contributed by atoms with van der Waals surface area (Å²) >= 11 is 0. The molecular formula is C25H25NO5. The van der Waals surface area contributed by atoms with Crippen molar-refractivity contribution in [2.45, 2.75) is 36.8 Å². The molecular weight excluding hydrogens is 394 g/mol. The predicted octanol–water partition coefficient (Wildman–Crippen LogP) is 4.07. The van der Waals surface area contributed by atoms with Crippen LogP contribution in [0.25, 0.3) is 0 Å². The van der Waals surface area contributed by atoms with Crippen LogP contribution in [0.4, 0.5) is 4.79 Å². The molecule has 1 fully saturated rings. The second kappa shape index (κ2) is 6.67. The minimum absolute atomic E-state index is 0.0533. The molecule has 0 saturated carbocycles. The summed E-state index contributed by atoms with van der Waals surface area (Å²) in [5.74, 6) is 3.30. The highest BCUT2D eigenvalue weighted by Crippen LogP contribution is 2.63. The zero-order chi connectivity index (χ0) is 21.2. The lowest BCUT2D eigenvalue weighted by molar-refractivity contribution is -0.0271.